The summed E-state index contributed by atoms with van der Waals surface area (Å²) in [5.74, 6) is -1.26. The minimum atomic E-state index is -4.27. The summed E-state index contributed by atoms with van der Waals surface area (Å²) in [5, 5.41) is 0. The maximum absolute atomic E-state index is 14.2. The first kappa shape index (κ1) is 25.8. The van der Waals surface area contributed by atoms with Crippen LogP contribution in [0.5, 0.6) is 0 Å². The molecule has 34 heavy (non-hydrogen) atoms. The molecule has 2 aromatic rings. The second-order valence-electron chi connectivity index (χ2n) is 8.54. The van der Waals surface area contributed by atoms with Crippen LogP contribution in [0.25, 0.3) is 0 Å². The van der Waals surface area contributed by atoms with Crippen LogP contribution in [0.2, 0.25) is 0 Å². The summed E-state index contributed by atoms with van der Waals surface area (Å²) in [6, 6.07) is 13.1. The Labute approximate surface area is 200 Å². The lowest BCUT2D eigenvalue weighted by molar-refractivity contribution is -0.132. The fourth-order valence-electron chi connectivity index (χ4n) is 3.85. The van der Waals surface area contributed by atoms with Gasteiger partial charge in [-0.05, 0) is 30.5 Å². The fraction of sp³-hybridized carbons (Fsp3) is 0.417. The summed E-state index contributed by atoms with van der Waals surface area (Å²) < 4.78 is 42.6. The van der Waals surface area contributed by atoms with E-state index < -0.39 is 26.8 Å². The highest BCUT2D eigenvalue weighted by atomic mass is 32.2. The van der Waals surface area contributed by atoms with Crippen molar-refractivity contribution in [2.75, 3.05) is 46.8 Å². The first-order chi connectivity index (χ1) is 16.2. The third-order valence-electron chi connectivity index (χ3n) is 5.76. The Kier molecular flexibility index (Phi) is 8.76. The first-order valence-electron chi connectivity index (χ1n) is 11.2. The second kappa shape index (κ2) is 11.5. The van der Waals surface area contributed by atoms with E-state index in [4.69, 9.17) is 0 Å². The molecule has 0 aliphatic carbocycles. The number of rotatable bonds is 8. The smallest absolute Gasteiger partial charge is 0.244 e. The zero-order valence-electron chi connectivity index (χ0n) is 19.5. The van der Waals surface area contributed by atoms with Gasteiger partial charge in [-0.25, -0.2) is 12.8 Å². The number of amides is 2. The van der Waals surface area contributed by atoms with Crippen LogP contribution in [-0.2, 0) is 26.0 Å². The molecule has 1 unspecified atom stereocenters. The first-order valence-corrected chi connectivity index (χ1v) is 12.7. The van der Waals surface area contributed by atoms with E-state index >= 15 is 0 Å². The largest absolute Gasteiger partial charge is 0.348 e. The molecule has 1 heterocycles. The number of hydrogen-bond acceptors (Lipinski definition) is 5. The number of nitrogens with zero attached hydrogens (tertiary/aromatic N) is 3. The van der Waals surface area contributed by atoms with Gasteiger partial charge in [0.1, 0.15) is 16.8 Å². The number of hydrogen-bond donors (Lipinski definition) is 1. The van der Waals surface area contributed by atoms with Crippen LogP contribution in [-0.4, -0.2) is 87.8 Å². The summed E-state index contributed by atoms with van der Waals surface area (Å²) >= 11 is 0. The molecule has 1 aliphatic rings. The molecule has 184 valence electrons. The van der Waals surface area contributed by atoms with Crippen molar-refractivity contribution in [1.29, 1.82) is 0 Å². The molecule has 0 radical (unpaired) electrons. The standard InChI is InChI=1S/C24H31FN4O4S/c1-27(2)23(30)18-28-13-8-14-29(16-15-28)24(31)21(17-19-9-4-3-5-10-19)26-34(32,33)22-12-7-6-11-20(22)25/h3-7,9-12,21,26H,8,13-18H2,1-2H3. The highest BCUT2D eigenvalue weighted by Crippen LogP contribution is 2.16. The summed E-state index contributed by atoms with van der Waals surface area (Å²) in [6.07, 6.45) is 0.789. The average molecular weight is 491 g/mol. The number of nitrogens with one attached hydrogen (secondary N) is 1. The SMILES string of the molecule is CN(C)C(=O)CN1CCCN(C(=O)C(Cc2ccccc2)NS(=O)(=O)c2ccccc2F)CC1. The molecule has 1 atom stereocenters. The van der Waals surface area contributed by atoms with Gasteiger partial charge < -0.3 is 9.80 Å². The second-order valence-corrected chi connectivity index (χ2v) is 10.2. The van der Waals surface area contributed by atoms with Crippen LogP contribution in [0.4, 0.5) is 4.39 Å². The summed E-state index contributed by atoms with van der Waals surface area (Å²) in [7, 11) is -0.872. The minimum Gasteiger partial charge on any atom is -0.348 e. The average Bonchev–Trinajstić information content (AvgIpc) is 3.04. The van der Waals surface area contributed by atoms with Gasteiger partial charge in [0.25, 0.3) is 0 Å². The van der Waals surface area contributed by atoms with Crippen molar-refractivity contribution < 1.29 is 22.4 Å². The third-order valence-corrected chi connectivity index (χ3v) is 7.27. The maximum Gasteiger partial charge on any atom is 0.244 e. The summed E-state index contributed by atoms with van der Waals surface area (Å²) in [4.78, 5) is 30.2. The quantitative estimate of drug-likeness (QED) is 0.603. The van der Waals surface area contributed by atoms with Crippen molar-refractivity contribution in [3.63, 3.8) is 0 Å². The molecular formula is C24H31FN4O4S. The van der Waals surface area contributed by atoms with Crippen molar-refractivity contribution in [2.45, 2.75) is 23.8 Å². The topological polar surface area (TPSA) is 90.0 Å². The van der Waals surface area contributed by atoms with Crippen LogP contribution in [0.15, 0.2) is 59.5 Å². The lowest BCUT2D eigenvalue weighted by Gasteiger charge is -2.27. The molecule has 10 heteroatoms. The van der Waals surface area contributed by atoms with E-state index in [2.05, 4.69) is 4.72 Å². The van der Waals surface area contributed by atoms with E-state index in [1.807, 2.05) is 35.2 Å². The Bertz CT molecular complexity index is 1100. The molecule has 3 rings (SSSR count). The van der Waals surface area contributed by atoms with Gasteiger partial charge in [-0.15, -0.1) is 0 Å². The minimum absolute atomic E-state index is 0.0145. The van der Waals surface area contributed by atoms with E-state index in [1.165, 1.54) is 23.1 Å². The number of benzene rings is 2. The molecular weight excluding hydrogens is 459 g/mol. The fourth-order valence-corrected chi connectivity index (χ4v) is 5.11. The number of likely N-dealkylation sites (N-methyl/N-ethyl adjacent to an activating group) is 1. The lowest BCUT2D eigenvalue weighted by atomic mass is 10.1. The van der Waals surface area contributed by atoms with Gasteiger partial charge in [-0.3, -0.25) is 14.5 Å². The molecule has 0 saturated carbocycles. The summed E-state index contributed by atoms with van der Waals surface area (Å²) in [5.41, 5.74) is 0.783. The van der Waals surface area contributed by atoms with Crippen molar-refractivity contribution in [1.82, 2.24) is 19.4 Å². The molecule has 1 aliphatic heterocycles. The summed E-state index contributed by atoms with van der Waals surface area (Å²) in [6.45, 7) is 2.24. The van der Waals surface area contributed by atoms with E-state index in [-0.39, 0.29) is 24.8 Å². The van der Waals surface area contributed by atoms with E-state index in [0.717, 1.165) is 11.6 Å². The molecule has 0 spiro atoms. The maximum atomic E-state index is 14.2. The van der Waals surface area contributed by atoms with Gasteiger partial charge >= 0.3 is 0 Å². The van der Waals surface area contributed by atoms with E-state index in [9.17, 15) is 22.4 Å². The Morgan fingerprint density at radius 2 is 1.68 bits per heavy atom. The molecule has 8 nitrogen and oxygen atoms in total. The molecule has 0 bridgehead atoms. The number of halogens is 1. The normalized spacial score (nSPS) is 16.0. The van der Waals surface area contributed by atoms with Crippen LogP contribution in [0, 0.1) is 5.82 Å². The van der Waals surface area contributed by atoms with Crippen molar-refractivity contribution in [3.05, 3.63) is 66.0 Å². The zero-order chi connectivity index (χ0) is 24.7. The molecule has 2 amide bonds. The monoisotopic (exact) mass is 490 g/mol. The Hall–Kier alpha value is -2.82. The molecule has 2 aromatic carbocycles. The van der Waals surface area contributed by atoms with Crippen molar-refractivity contribution in [2.24, 2.45) is 0 Å². The number of sulfonamides is 1. The molecule has 1 saturated heterocycles. The van der Waals surface area contributed by atoms with Gasteiger partial charge in [-0.1, -0.05) is 42.5 Å². The third kappa shape index (κ3) is 6.85. The highest BCUT2D eigenvalue weighted by Gasteiger charge is 2.32. The lowest BCUT2D eigenvalue weighted by Crippen LogP contribution is -2.50. The van der Waals surface area contributed by atoms with Crippen LogP contribution in [0.3, 0.4) is 0 Å². The van der Waals surface area contributed by atoms with Crippen LogP contribution in [0.1, 0.15) is 12.0 Å². The Balaban J connectivity index is 1.78. The van der Waals surface area contributed by atoms with E-state index in [1.54, 1.807) is 19.0 Å². The zero-order valence-corrected chi connectivity index (χ0v) is 20.3. The predicted octanol–water partition coefficient (Wildman–Crippen LogP) is 1.34. The molecule has 1 fully saturated rings. The molecule has 0 aromatic heterocycles. The van der Waals surface area contributed by atoms with Gasteiger partial charge in [0, 0.05) is 40.3 Å². The van der Waals surface area contributed by atoms with Gasteiger partial charge in [0.2, 0.25) is 21.8 Å². The van der Waals surface area contributed by atoms with Crippen LogP contribution < -0.4 is 4.72 Å². The van der Waals surface area contributed by atoms with Crippen LogP contribution >= 0.6 is 0 Å². The van der Waals surface area contributed by atoms with Gasteiger partial charge in [-0.2, -0.15) is 4.72 Å². The number of carbonyl (C=O) groups is 2. The highest BCUT2D eigenvalue weighted by molar-refractivity contribution is 7.89. The Morgan fingerprint density at radius 3 is 2.35 bits per heavy atom. The van der Waals surface area contributed by atoms with Gasteiger partial charge in [0.05, 0.1) is 6.54 Å². The van der Waals surface area contributed by atoms with Crippen molar-refractivity contribution >= 4 is 21.8 Å². The predicted molar refractivity (Wildman–Crippen MR) is 127 cm³/mol. The number of carbonyl (C=O) groups excluding carboxylic acids is 2. The van der Waals surface area contributed by atoms with E-state index in [0.29, 0.717) is 32.6 Å². The van der Waals surface area contributed by atoms with Gasteiger partial charge in [0.15, 0.2) is 0 Å². The van der Waals surface area contributed by atoms with Crippen molar-refractivity contribution in [3.8, 4) is 0 Å². The Morgan fingerprint density at radius 1 is 1.00 bits per heavy atom. The molecule has 1 N–H and O–H groups in total.